The molecule has 0 spiro atoms. The minimum atomic E-state index is -0.494. The zero-order chi connectivity index (χ0) is 13.5. The molecule has 2 nitrogen and oxygen atoms in total. The Morgan fingerprint density at radius 3 is 2.39 bits per heavy atom. The molecule has 1 rings (SSSR count). The summed E-state index contributed by atoms with van der Waals surface area (Å²) in [4.78, 5) is 0. The van der Waals surface area contributed by atoms with Crippen LogP contribution in [0, 0.1) is 5.92 Å². The van der Waals surface area contributed by atoms with Crippen LogP contribution in [0.2, 0.25) is 10.0 Å². The Kier molecular flexibility index (Phi) is 7.02. The number of nitrogens with one attached hydrogen (secondary N) is 1. The van der Waals surface area contributed by atoms with Gasteiger partial charge in [0.05, 0.1) is 16.1 Å². The van der Waals surface area contributed by atoms with E-state index in [1.165, 1.54) is 0 Å². The average Bonchev–Trinajstić information content (AvgIpc) is 2.31. The van der Waals surface area contributed by atoms with Gasteiger partial charge in [-0.15, -0.1) is 0 Å². The minimum absolute atomic E-state index is 0.487. The Hall–Kier alpha value is -0.280. The summed E-state index contributed by atoms with van der Waals surface area (Å²) >= 11 is 11.8. The first-order valence-corrected chi connectivity index (χ1v) is 7.10. The number of benzene rings is 1. The van der Waals surface area contributed by atoms with Crippen LogP contribution in [-0.4, -0.2) is 18.2 Å². The molecule has 0 aliphatic heterocycles. The molecule has 102 valence electrons. The van der Waals surface area contributed by atoms with Crippen LogP contribution in [-0.2, 0) is 0 Å². The number of halogens is 2. The third-order valence-corrected chi connectivity index (χ3v) is 3.56. The lowest BCUT2D eigenvalue weighted by Crippen LogP contribution is -2.20. The van der Waals surface area contributed by atoms with Crippen LogP contribution in [0.25, 0.3) is 0 Å². The number of aliphatic hydroxyl groups excluding tert-OH is 1. The maximum absolute atomic E-state index is 10.0. The van der Waals surface area contributed by atoms with E-state index < -0.39 is 6.10 Å². The van der Waals surface area contributed by atoms with Gasteiger partial charge < -0.3 is 10.4 Å². The zero-order valence-corrected chi connectivity index (χ0v) is 12.4. The Morgan fingerprint density at radius 2 is 1.78 bits per heavy atom. The van der Waals surface area contributed by atoms with E-state index in [2.05, 4.69) is 19.2 Å². The first-order valence-electron chi connectivity index (χ1n) is 6.34. The zero-order valence-electron chi connectivity index (χ0n) is 10.9. The summed E-state index contributed by atoms with van der Waals surface area (Å²) in [6.07, 6.45) is 1.34. The van der Waals surface area contributed by atoms with E-state index in [4.69, 9.17) is 23.2 Å². The van der Waals surface area contributed by atoms with Crippen molar-refractivity contribution >= 4 is 23.2 Å². The van der Waals surface area contributed by atoms with Gasteiger partial charge in [0.1, 0.15) is 0 Å². The number of hydrogen-bond donors (Lipinski definition) is 2. The molecule has 1 unspecified atom stereocenters. The molecule has 0 saturated heterocycles. The van der Waals surface area contributed by atoms with Crippen LogP contribution in [0.15, 0.2) is 18.2 Å². The molecule has 0 aliphatic rings. The van der Waals surface area contributed by atoms with Crippen molar-refractivity contribution in [2.24, 2.45) is 5.92 Å². The topological polar surface area (TPSA) is 32.3 Å². The maximum atomic E-state index is 10.0. The van der Waals surface area contributed by atoms with Crippen molar-refractivity contribution in [1.82, 2.24) is 5.32 Å². The second-order valence-electron chi connectivity index (χ2n) is 4.91. The fraction of sp³-hybridized carbons (Fsp3) is 0.571. The fourth-order valence-electron chi connectivity index (χ4n) is 1.64. The first kappa shape index (κ1) is 15.8. The molecular weight excluding hydrogens is 269 g/mol. The van der Waals surface area contributed by atoms with Crippen molar-refractivity contribution in [2.45, 2.75) is 32.8 Å². The Balaban J connectivity index is 2.31. The molecule has 0 fully saturated rings. The van der Waals surface area contributed by atoms with Gasteiger partial charge in [-0.25, -0.2) is 0 Å². The van der Waals surface area contributed by atoms with Crippen LogP contribution in [0.3, 0.4) is 0 Å². The molecule has 2 N–H and O–H groups in total. The van der Waals surface area contributed by atoms with Crippen LogP contribution in [0.5, 0.6) is 0 Å². The molecule has 1 aromatic carbocycles. The second-order valence-corrected chi connectivity index (χ2v) is 5.72. The van der Waals surface area contributed by atoms with E-state index in [9.17, 15) is 5.11 Å². The maximum Gasteiger partial charge on any atom is 0.0802 e. The van der Waals surface area contributed by atoms with Crippen molar-refractivity contribution in [3.8, 4) is 0 Å². The highest BCUT2D eigenvalue weighted by Crippen LogP contribution is 2.26. The van der Waals surface area contributed by atoms with Gasteiger partial charge in [-0.3, -0.25) is 0 Å². The lowest BCUT2D eigenvalue weighted by molar-refractivity contribution is 0.167. The van der Waals surface area contributed by atoms with Gasteiger partial charge in [0.25, 0.3) is 0 Å². The second kappa shape index (κ2) is 8.00. The van der Waals surface area contributed by atoms with E-state index in [1.54, 1.807) is 12.1 Å². The highest BCUT2D eigenvalue weighted by atomic mass is 35.5. The molecule has 0 bridgehead atoms. The van der Waals surface area contributed by atoms with Gasteiger partial charge in [0.15, 0.2) is 0 Å². The highest BCUT2D eigenvalue weighted by molar-refractivity contribution is 6.42. The molecule has 0 radical (unpaired) electrons. The summed E-state index contributed by atoms with van der Waals surface area (Å²) in [5.41, 5.74) is 0.815. The van der Waals surface area contributed by atoms with Crippen LogP contribution in [0.4, 0.5) is 0 Å². The average molecular weight is 290 g/mol. The predicted molar refractivity (Wildman–Crippen MR) is 78.4 cm³/mol. The molecule has 0 heterocycles. The number of rotatable bonds is 7. The van der Waals surface area contributed by atoms with Crippen LogP contribution >= 0.6 is 23.2 Å². The van der Waals surface area contributed by atoms with E-state index in [0.29, 0.717) is 22.4 Å². The smallest absolute Gasteiger partial charge is 0.0802 e. The van der Waals surface area contributed by atoms with E-state index in [1.807, 2.05) is 6.07 Å². The summed E-state index contributed by atoms with van der Waals surface area (Å²) in [5.74, 6) is 0.706. The Morgan fingerprint density at radius 1 is 1.11 bits per heavy atom. The van der Waals surface area contributed by atoms with E-state index in [-0.39, 0.29) is 0 Å². The van der Waals surface area contributed by atoms with Crippen molar-refractivity contribution in [3.05, 3.63) is 33.8 Å². The van der Waals surface area contributed by atoms with Gasteiger partial charge in [0, 0.05) is 0 Å². The van der Waals surface area contributed by atoms with Crippen molar-refractivity contribution in [1.29, 1.82) is 0 Å². The van der Waals surface area contributed by atoms with E-state index in [0.717, 1.165) is 25.1 Å². The Labute approximate surface area is 119 Å². The first-order chi connectivity index (χ1) is 8.50. The van der Waals surface area contributed by atoms with Gasteiger partial charge in [-0.1, -0.05) is 43.1 Å². The SMILES string of the molecule is CC(C)CCNCCC(O)c1ccc(Cl)c(Cl)c1. The minimum Gasteiger partial charge on any atom is -0.388 e. The fourth-order valence-corrected chi connectivity index (χ4v) is 1.95. The summed E-state index contributed by atoms with van der Waals surface area (Å²) < 4.78 is 0. The molecule has 18 heavy (non-hydrogen) atoms. The van der Waals surface area contributed by atoms with Crippen LogP contribution < -0.4 is 5.32 Å². The molecular formula is C14H21Cl2NO. The summed E-state index contributed by atoms with van der Waals surface area (Å²) in [6.45, 7) is 6.19. The quantitative estimate of drug-likeness (QED) is 0.742. The summed E-state index contributed by atoms with van der Waals surface area (Å²) in [6, 6.07) is 5.25. The van der Waals surface area contributed by atoms with Gasteiger partial charge in [-0.2, -0.15) is 0 Å². The normalized spacial score (nSPS) is 13.0. The summed E-state index contributed by atoms with van der Waals surface area (Å²) in [7, 11) is 0. The van der Waals surface area contributed by atoms with Gasteiger partial charge in [-0.05, 0) is 49.5 Å². The lowest BCUT2D eigenvalue weighted by Gasteiger charge is -2.13. The monoisotopic (exact) mass is 289 g/mol. The molecule has 4 heteroatoms. The molecule has 1 atom stereocenters. The number of aliphatic hydroxyl groups is 1. The highest BCUT2D eigenvalue weighted by Gasteiger charge is 2.09. The molecule has 0 amide bonds. The third-order valence-electron chi connectivity index (χ3n) is 2.82. The molecule has 0 aliphatic carbocycles. The number of hydrogen-bond acceptors (Lipinski definition) is 2. The summed E-state index contributed by atoms with van der Waals surface area (Å²) in [5, 5.41) is 14.3. The Bertz CT molecular complexity index is 369. The standard InChI is InChI=1S/C14H21Cl2NO/c1-10(2)5-7-17-8-6-14(18)11-3-4-12(15)13(16)9-11/h3-4,9-10,14,17-18H,5-8H2,1-2H3. The van der Waals surface area contributed by atoms with Gasteiger partial charge in [0.2, 0.25) is 0 Å². The molecule has 0 aromatic heterocycles. The van der Waals surface area contributed by atoms with Crippen molar-refractivity contribution in [3.63, 3.8) is 0 Å². The van der Waals surface area contributed by atoms with E-state index >= 15 is 0 Å². The predicted octanol–water partition coefficient (Wildman–Crippen LogP) is 4.05. The van der Waals surface area contributed by atoms with Crippen molar-refractivity contribution < 1.29 is 5.11 Å². The lowest BCUT2D eigenvalue weighted by atomic mass is 10.1. The van der Waals surface area contributed by atoms with Gasteiger partial charge >= 0.3 is 0 Å². The van der Waals surface area contributed by atoms with Crippen molar-refractivity contribution in [2.75, 3.05) is 13.1 Å². The third kappa shape index (κ3) is 5.57. The molecule has 1 aromatic rings. The van der Waals surface area contributed by atoms with Crippen LogP contribution in [0.1, 0.15) is 38.4 Å². The molecule has 0 saturated carbocycles. The largest absolute Gasteiger partial charge is 0.388 e.